The molecule has 0 unspecified atom stereocenters. The molecule has 22 heavy (non-hydrogen) atoms. The van der Waals surface area contributed by atoms with Gasteiger partial charge in [0.2, 0.25) is 0 Å². The van der Waals surface area contributed by atoms with Crippen LogP contribution in [-0.2, 0) is 4.79 Å². The second kappa shape index (κ2) is 6.81. The molecule has 1 amide bonds. The molecule has 0 saturated carbocycles. The third-order valence-corrected chi connectivity index (χ3v) is 2.72. The van der Waals surface area contributed by atoms with Gasteiger partial charge in [-0.25, -0.2) is 0 Å². The van der Waals surface area contributed by atoms with Crippen molar-refractivity contribution in [1.29, 1.82) is 5.26 Å². The average molecular weight is 295 g/mol. The van der Waals surface area contributed by atoms with Crippen LogP contribution in [0.25, 0.3) is 0 Å². The first-order valence-corrected chi connectivity index (χ1v) is 6.35. The van der Waals surface area contributed by atoms with E-state index in [0.717, 1.165) is 0 Å². The summed E-state index contributed by atoms with van der Waals surface area (Å²) in [6.07, 6.45) is 1.27. The highest BCUT2D eigenvalue weighted by atomic mass is 16.3. The van der Waals surface area contributed by atoms with Gasteiger partial charge in [-0.2, -0.15) is 5.26 Å². The number of rotatable bonds is 4. The topological polar surface area (TPSA) is 105 Å². The number of aromatic hydroxyl groups is 2. The maximum Gasteiger partial charge on any atom is 0.267 e. The number of amides is 1. The second-order valence-corrected chi connectivity index (χ2v) is 4.37. The number of hydrogen-bond acceptors (Lipinski definition) is 5. The molecule has 110 valence electrons. The molecule has 0 atom stereocenters. The van der Waals surface area contributed by atoms with Gasteiger partial charge < -0.3 is 20.8 Å². The third kappa shape index (κ3) is 4.02. The predicted octanol–water partition coefficient (Wildman–Crippen LogP) is 2.56. The van der Waals surface area contributed by atoms with Gasteiger partial charge >= 0.3 is 0 Å². The zero-order valence-electron chi connectivity index (χ0n) is 11.4. The molecule has 0 saturated heterocycles. The smallest absolute Gasteiger partial charge is 0.267 e. The van der Waals surface area contributed by atoms with E-state index in [-0.39, 0.29) is 17.1 Å². The molecule has 6 nitrogen and oxygen atoms in total. The molecule has 0 aliphatic rings. The van der Waals surface area contributed by atoms with Gasteiger partial charge in [-0.1, -0.05) is 6.07 Å². The van der Waals surface area contributed by atoms with Crippen LogP contribution >= 0.6 is 0 Å². The fourth-order valence-electron chi connectivity index (χ4n) is 1.64. The van der Waals surface area contributed by atoms with E-state index in [1.54, 1.807) is 30.3 Å². The molecule has 0 aliphatic heterocycles. The summed E-state index contributed by atoms with van der Waals surface area (Å²) in [6.45, 7) is 0. The minimum atomic E-state index is -0.598. The first kappa shape index (κ1) is 14.9. The van der Waals surface area contributed by atoms with Gasteiger partial charge in [-0.15, -0.1) is 0 Å². The molecule has 0 heterocycles. The van der Waals surface area contributed by atoms with E-state index in [2.05, 4.69) is 10.6 Å². The Morgan fingerprint density at radius 1 is 1.05 bits per heavy atom. The number of phenols is 2. The summed E-state index contributed by atoms with van der Waals surface area (Å²) in [4.78, 5) is 12.0. The van der Waals surface area contributed by atoms with Crippen molar-refractivity contribution in [1.82, 2.24) is 0 Å². The summed E-state index contributed by atoms with van der Waals surface area (Å²) in [6, 6.07) is 14.0. The lowest BCUT2D eigenvalue weighted by Crippen LogP contribution is -2.14. The summed E-state index contributed by atoms with van der Waals surface area (Å²) in [5.74, 6) is -0.460. The van der Waals surface area contributed by atoms with Crippen LogP contribution in [0.1, 0.15) is 0 Å². The Hall–Kier alpha value is -3.46. The van der Waals surface area contributed by atoms with E-state index in [4.69, 9.17) is 5.26 Å². The summed E-state index contributed by atoms with van der Waals surface area (Å²) in [7, 11) is 0. The molecule has 0 aliphatic carbocycles. The van der Waals surface area contributed by atoms with Gasteiger partial charge in [0.1, 0.15) is 23.1 Å². The van der Waals surface area contributed by atoms with Crippen molar-refractivity contribution < 1.29 is 15.0 Å². The van der Waals surface area contributed by atoms with Crippen molar-refractivity contribution in [2.24, 2.45) is 0 Å². The molecule has 2 aromatic rings. The Morgan fingerprint density at radius 2 is 1.77 bits per heavy atom. The molecule has 2 aromatic carbocycles. The first-order chi connectivity index (χ1) is 10.6. The van der Waals surface area contributed by atoms with E-state index >= 15 is 0 Å². The maximum absolute atomic E-state index is 12.0. The van der Waals surface area contributed by atoms with Gasteiger partial charge in [0.25, 0.3) is 5.91 Å². The number of phenolic OH excluding ortho intramolecular Hbond substituents is 2. The molecule has 6 heteroatoms. The number of nitrogens with zero attached hydrogens (tertiary/aromatic N) is 1. The Balaban J connectivity index is 2.07. The number of nitrogens with one attached hydrogen (secondary N) is 2. The Kier molecular flexibility index (Phi) is 4.63. The largest absolute Gasteiger partial charge is 0.508 e. The molecule has 0 radical (unpaired) electrons. The molecule has 0 bridgehead atoms. The predicted molar refractivity (Wildman–Crippen MR) is 82.2 cm³/mol. The summed E-state index contributed by atoms with van der Waals surface area (Å²) in [5, 5.41) is 32.9. The average Bonchev–Trinajstić information content (AvgIpc) is 2.49. The van der Waals surface area contributed by atoms with E-state index in [1.165, 1.54) is 30.5 Å². The Morgan fingerprint density at radius 3 is 2.41 bits per heavy atom. The van der Waals surface area contributed by atoms with Gasteiger partial charge in [0.15, 0.2) is 0 Å². The zero-order chi connectivity index (χ0) is 15.9. The molecule has 0 spiro atoms. The van der Waals surface area contributed by atoms with Crippen molar-refractivity contribution in [2.45, 2.75) is 0 Å². The van der Waals surface area contributed by atoms with Crippen LogP contribution < -0.4 is 10.6 Å². The maximum atomic E-state index is 12.0. The zero-order valence-corrected chi connectivity index (χ0v) is 11.4. The standard InChI is InChI=1S/C16H13N3O3/c17-9-11(10-18-12-4-6-14(20)7-5-12)16(22)19-13-2-1-3-15(21)8-13/h1-8,10,18,20-21H,(H,19,22)/b11-10-. The summed E-state index contributed by atoms with van der Waals surface area (Å²) in [5.41, 5.74) is 0.878. The molecular weight excluding hydrogens is 282 g/mol. The van der Waals surface area contributed by atoms with Crippen LogP contribution in [0.2, 0.25) is 0 Å². The van der Waals surface area contributed by atoms with Crippen LogP contribution in [0.3, 0.4) is 0 Å². The van der Waals surface area contributed by atoms with E-state index in [1.807, 2.05) is 0 Å². The second-order valence-electron chi connectivity index (χ2n) is 4.37. The molecule has 4 N–H and O–H groups in total. The highest BCUT2D eigenvalue weighted by Gasteiger charge is 2.09. The van der Waals surface area contributed by atoms with E-state index < -0.39 is 5.91 Å². The van der Waals surface area contributed by atoms with Crippen molar-refractivity contribution in [3.05, 3.63) is 60.3 Å². The summed E-state index contributed by atoms with van der Waals surface area (Å²) >= 11 is 0. The third-order valence-electron chi connectivity index (χ3n) is 2.72. The monoisotopic (exact) mass is 295 g/mol. The number of carbonyl (C=O) groups is 1. The van der Waals surface area contributed by atoms with Crippen LogP contribution in [-0.4, -0.2) is 16.1 Å². The fraction of sp³-hybridized carbons (Fsp3) is 0. The number of hydrogen-bond donors (Lipinski definition) is 4. The number of nitriles is 1. The SMILES string of the molecule is N#C/C(=C/Nc1ccc(O)cc1)C(=O)Nc1cccc(O)c1. The fourth-order valence-corrected chi connectivity index (χ4v) is 1.64. The van der Waals surface area contributed by atoms with Crippen LogP contribution in [0.5, 0.6) is 11.5 Å². The van der Waals surface area contributed by atoms with Gasteiger partial charge in [0, 0.05) is 23.6 Å². The van der Waals surface area contributed by atoms with Crippen LogP contribution in [0, 0.1) is 11.3 Å². The minimum absolute atomic E-state index is 0.0162. The number of anilines is 2. The van der Waals surface area contributed by atoms with E-state index in [9.17, 15) is 15.0 Å². The Bertz CT molecular complexity index is 746. The van der Waals surface area contributed by atoms with Gasteiger partial charge in [-0.05, 0) is 36.4 Å². The number of benzene rings is 2. The Labute approximate surface area is 127 Å². The highest BCUT2D eigenvalue weighted by Crippen LogP contribution is 2.17. The lowest BCUT2D eigenvalue weighted by molar-refractivity contribution is -0.112. The lowest BCUT2D eigenvalue weighted by atomic mass is 10.2. The molecular formula is C16H13N3O3. The molecule has 0 fully saturated rings. The molecule has 0 aromatic heterocycles. The van der Waals surface area contributed by atoms with E-state index in [0.29, 0.717) is 11.4 Å². The number of carbonyl (C=O) groups excluding carboxylic acids is 1. The highest BCUT2D eigenvalue weighted by molar-refractivity contribution is 6.06. The minimum Gasteiger partial charge on any atom is -0.508 e. The summed E-state index contributed by atoms with van der Waals surface area (Å²) < 4.78 is 0. The van der Waals surface area contributed by atoms with Crippen molar-refractivity contribution in [2.75, 3.05) is 10.6 Å². The quantitative estimate of drug-likeness (QED) is 0.394. The van der Waals surface area contributed by atoms with Crippen molar-refractivity contribution >= 4 is 17.3 Å². The molecule has 2 rings (SSSR count). The first-order valence-electron chi connectivity index (χ1n) is 6.35. The van der Waals surface area contributed by atoms with Crippen molar-refractivity contribution in [3.63, 3.8) is 0 Å². The van der Waals surface area contributed by atoms with Crippen LogP contribution in [0.4, 0.5) is 11.4 Å². The van der Waals surface area contributed by atoms with Crippen molar-refractivity contribution in [3.8, 4) is 17.6 Å². The normalized spacial score (nSPS) is 10.6. The lowest BCUT2D eigenvalue weighted by Gasteiger charge is -2.05. The van der Waals surface area contributed by atoms with Gasteiger partial charge in [-0.3, -0.25) is 4.79 Å². The van der Waals surface area contributed by atoms with Crippen LogP contribution in [0.15, 0.2) is 60.3 Å². The van der Waals surface area contributed by atoms with Gasteiger partial charge in [0.05, 0.1) is 0 Å².